The third-order valence-electron chi connectivity index (χ3n) is 11.5. The summed E-state index contributed by atoms with van der Waals surface area (Å²) in [5, 5.41) is 6.67. The summed E-state index contributed by atoms with van der Waals surface area (Å²) in [6.45, 7) is 5.52. The molecule has 3 N–H and O–H groups in total. The maximum atomic E-state index is 14.1. The Morgan fingerprint density at radius 1 is 0.935 bits per heavy atom. The highest BCUT2D eigenvalue weighted by atomic mass is 35.5. The number of halogens is 4. The zero-order chi connectivity index (χ0) is 44.1. The van der Waals surface area contributed by atoms with Crippen LogP contribution in [0.1, 0.15) is 43.0 Å². The van der Waals surface area contributed by atoms with E-state index in [-0.39, 0.29) is 17.5 Å². The van der Waals surface area contributed by atoms with E-state index in [1.807, 2.05) is 60.7 Å². The predicted octanol–water partition coefficient (Wildman–Crippen LogP) is 8.48. The van der Waals surface area contributed by atoms with Crippen LogP contribution in [0.3, 0.4) is 0 Å². The number of sulfone groups is 1. The number of anilines is 2. The van der Waals surface area contributed by atoms with E-state index in [0.717, 1.165) is 48.5 Å². The summed E-state index contributed by atoms with van der Waals surface area (Å²) in [5.74, 6) is 0.401. The molecule has 1 saturated heterocycles. The van der Waals surface area contributed by atoms with E-state index in [9.17, 15) is 30.0 Å². The Morgan fingerprint density at radius 3 is 2.40 bits per heavy atom. The van der Waals surface area contributed by atoms with Gasteiger partial charge in [-0.2, -0.15) is 13.2 Å². The van der Waals surface area contributed by atoms with Gasteiger partial charge in [0.25, 0.3) is 19.9 Å². The van der Waals surface area contributed by atoms with E-state index in [1.165, 1.54) is 29.2 Å². The van der Waals surface area contributed by atoms with Gasteiger partial charge in [-0.15, -0.1) is 11.8 Å². The van der Waals surface area contributed by atoms with Crippen LogP contribution in [-0.2, 0) is 39.4 Å². The third kappa shape index (κ3) is 10.7. The van der Waals surface area contributed by atoms with Gasteiger partial charge < -0.3 is 10.6 Å². The molecule has 0 saturated carbocycles. The second-order valence-electron chi connectivity index (χ2n) is 15.6. The van der Waals surface area contributed by atoms with Gasteiger partial charge >= 0.3 is 5.51 Å². The molecule has 5 aromatic rings. The number of nitrogens with one attached hydrogen (secondary N) is 3. The lowest BCUT2D eigenvalue weighted by molar-refractivity contribution is -0.0435. The molecule has 0 bridgehead atoms. The fraction of sp³-hybridized carbons (Fsp3) is 0.364. The summed E-state index contributed by atoms with van der Waals surface area (Å²) in [4.78, 5) is 12.7. The summed E-state index contributed by atoms with van der Waals surface area (Å²) in [5.41, 5.74) is -1.26. The molecule has 11 nitrogen and oxygen atoms in total. The van der Waals surface area contributed by atoms with E-state index in [1.54, 1.807) is 7.05 Å². The monoisotopic (exact) mass is 927 g/mol. The smallest absolute Gasteiger partial charge is 0.380 e. The van der Waals surface area contributed by atoms with E-state index in [2.05, 4.69) is 60.2 Å². The fourth-order valence-electron chi connectivity index (χ4n) is 8.10. The summed E-state index contributed by atoms with van der Waals surface area (Å²) >= 11 is 7.61. The molecule has 3 atom stereocenters. The molecule has 0 spiro atoms. The minimum Gasteiger partial charge on any atom is -0.380 e. The predicted molar refractivity (Wildman–Crippen MR) is 240 cm³/mol. The molecule has 1 aromatic heterocycles. The first-order chi connectivity index (χ1) is 29.6. The highest BCUT2D eigenvalue weighted by Gasteiger charge is 2.48. The molecule has 62 heavy (non-hydrogen) atoms. The van der Waals surface area contributed by atoms with Crippen LogP contribution in [0.25, 0.3) is 11.1 Å². The quantitative estimate of drug-likeness (QED) is 0.0823. The molecule has 2 aliphatic rings. The molecule has 330 valence electrons. The van der Waals surface area contributed by atoms with Crippen LogP contribution in [0.15, 0.2) is 118 Å². The van der Waals surface area contributed by atoms with Crippen LogP contribution >= 0.6 is 23.4 Å². The lowest BCUT2D eigenvalue weighted by Crippen LogP contribution is -2.50. The van der Waals surface area contributed by atoms with Crippen molar-refractivity contribution in [2.45, 2.75) is 84.0 Å². The Morgan fingerprint density at radius 2 is 1.68 bits per heavy atom. The number of aromatic nitrogens is 2. The van der Waals surface area contributed by atoms with Crippen molar-refractivity contribution in [1.29, 1.82) is 0 Å². The number of hydrogen-bond donors (Lipinski definition) is 3. The molecule has 2 aliphatic heterocycles. The summed E-state index contributed by atoms with van der Waals surface area (Å²) in [6, 6.07) is 28.5. The molecule has 1 fully saturated rings. The van der Waals surface area contributed by atoms with Gasteiger partial charge in [-0.05, 0) is 105 Å². The number of hydrogen-bond acceptors (Lipinski definition) is 11. The largest absolute Gasteiger partial charge is 0.501 e. The Bertz CT molecular complexity index is 2560. The average molecular weight is 929 g/mol. The first kappa shape index (κ1) is 45.8. The molecule has 3 heterocycles. The topological polar surface area (TPSA) is 137 Å². The van der Waals surface area contributed by atoms with Crippen molar-refractivity contribution in [3.05, 3.63) is 125 Å². The van der Waals surface area contributed by atoms with Gasteiger partial charge in [0.2, 0.25) is 0 Å². The Hall–Kier alpha value is -4.23. The van der Waals surface area contributed by atoms with Crippen molar-refractivity contribution >= 4 is 54.7 Å². The van der Waals surface area contributed by atoms with Crippen molar-refractivity contribution in [3.63, 3.8) is 0 Å². The van der Waals surface area contributed by atoms with Gasteiger partial charge in [0, 0.05) is 65.5 Å². The lowest BCUT2D eigenvalue weighted by Gasteiger charge is -2.43. The maximum absolute atomic E-state index is 14.1. The van der Waals surface area contributed by atoms with Crippen LogP contribution in [0, 0.1) is 0 Å². The number of nitrogens with zero attached hydrogens (tertiary/aromatic N) is 4. The van der Waals surface area contributed by atoms with Crippen LogP contribution in [0.2, 0.25) is 5.02 Å². The number of likely N-dealkylation sites (tertiary alicyclic amines) is 1. The summed E-state index contributed by atoms with van der Waals surface area (Å²) in [6.07, 6.45) is 4.00. The van der Waals surface area contributed by atoms with E-state index in [4.69, 9.17) is 11.6 Å². The van der Waals surface area contributed by atoms with Crippen molar-refractivity contribution in [2.24, 2.45) is 0 Å². The van der Waals surface area contributed by atoms with Gasteiger partial charge in [-0.25, -0.2) is 26.8 Å². The maximum Gasteiger partial charge on any atom is 0.501 e. The normalized spacial score (nSPS) is 18.2. The van der Waals surface area contributed by atoms with Crippen LogP contribution in [-0.4, -0.2) is 92.7 Å². The Balaban J connectivity index is 1.05. The number of benzene rings is 4. The molecule has 3 unspecified atom stereocenters. The van der Waals surface area contributed by atoms with Gasteiger partial charge in [-0.3, -0.25) is 14.5 Å². The molecule has 7 rings (SSSR count). The highest BCUT2D eigenvalue weighted by Crippen LogP contribution is 2.38. The van der Waals surface area contributed by atoms with E-state index in [0.29, 0.717) is 66.6 Å². The summed E-state index contributed by atoms with van der Waals surface area (Å²) < 4.78 is 98.6. The first-order valence-electron chi connectivity index (χ1n) is 20.3. The van der Waals surface area contributed by atoms with Crippen LogP contribution in [0.5, 0.6) is 0 Å². The number of sulfonamides is 1. The molecular weight excluding hydrogens is 879 g/mol. The second kappa shape index (κ2) is 19.7. The number of piperidine rings is 1. The molecule has 0 amide bonds. The van der Waals surface area contributed by atoms with Gasteiger partial charge in [-0.1, -0.05) is 66.2 Å². The highest BCUT2D eigenvalue weighted by molar-refractivity contribution is 7.99. The zero-order valence-corrected chi connectivity index (χ0v) is 37.5. The SMILES string of the molecule is CNCCC(CSc1ccccc1)Nc1ccc(S(=O)(=O)Nc2ncnc3c2CCN(C2CCN(Cc4ccccc4-c4ccc(Cl)cc4)C(C)C2)C3)cc1S(=O)(=O)C(F)(F)F. The molecular formula is C44H49ClF3N7O4S3. The standard InChI is InChI=1S/C44H49ClF3N7O4S3/c1-30-24-35(19-22-54(30)26-32-8-6-7-11-38(32)31-12-14-33(45)15-13-31)55-23-20-39-41(27-55)50-29-51-43(39)53-62(58,59)37-16-17-40(42(25-37)61(56,57)44(46,47)48)52-34(18-21-49-2)28-60-36-9-4-3-5-10-36/h3-17,25,29-30,34-35,49,52H,18-24,26-28H2,1-2H3,(H,50,51,53). The molecule has 18 heteroatoms. The Labute approximate surface area is 370 Å². The Kier molecular flexibility index (Phi) is 14.5. The number of thioether (sulfide) groups is 1. The summed E-state index contributed by atoms with van der Waals surface area (Å²) in [7, 11) is -8.87. The lowest BCUT2D eigenvalue weighted by atomic mass is 9.93. The fourth-order valence-corrected chi connectivity index (χ4v) is 11.3. The molecule has 0 radical (unpaired) electrons. The van der Waals surface area contributed by atoms with Gasteiger partial charge in [0.15, 0.2) is 0 Å². The van der Waals surface area contributed by atoms with E-state index < -0.39 is 41.2 Å². The molecule has 0 aliphatic carbocycles. The van der Waals surface area contributed by atoms with E-state index >= 15 is 0 Å². The number of rotatable bonds is 16. The third-order valence-corrected chi connectivity index (χ3v) is 15.8. The van der Waals surface area contributed by atoms with Crippen LogP contribution in [0.4, 0.5) is 24.7 Å². The minimum atomic E-state index is -5.98. The first-order valence-corrected chi connectivity index (χ1v) is 24.7. The van der Waals surface area contributed by atoms with Gasteiger partial charge in [0.05, 0.1) is 16.3 Å². The zero-order valence-electron chi connectivity index (χ0n) is 34.3. The molecule has 4 aromatic carbocycles. The van der Waals surface area contributed by atoms with Crippen molar-refractivity contribution in [1.82, 2.24) is 25.1 Å². The van der Waals surface area contributed by atoms with Gasteiger partial charge in [0.1, 0.15) is 17.0 Å². The second-order valence-corrected chi connectivity index (χ2v) is 20.7. The van der Waals surface area contributed by atoms with Crippen LogP contribution < -0.4 is 15.4 Å². The van der Waals surface area contributed by atoms with Crippen molar-refractivity contribution < 1.29 is 30.0 Å². The van der Waals surface area contributed by atoms with Crippen molar-refractivity contribution in [2.75, 3.05) is 42.5 Å². The van der Waals surface area contributed by atoms with Crippen molar-refractivity contribution in [3.8, 4) is 11.1 Å². The number of fused-ring (bicyclic) bond motifs is 1. The minimum absolute atomic E-state index is 0.00434. The average Bonchev–Trinajstić information content (AvgIpc) is 3.25. The number of alkyl halides is 3.